The fourth-order valence-electron chi connectivity index (χ4n) is 1.32. The Morgan fingerprint density at radius 2 is 2.20 bits per heavy atom. The molecule has 1 heterocycles. The Bertz CT molecular complexity index is 264. The van der Waals surface area contributed by atoms with Crippen LogP contribution >= 0.6 is 0 Å². The van der Waals surface area contributed by atoms with Crippen LogP contribution in [0.25, 0.3) is 0 Å². The summed E-state index contributed by atoms with van der Waals surface area (Å²) in [5.41, 5.74) is 1.12. The average Bonchev–Trinajstić information content (AvgIpc) is 2.25. The van der Waals surface area contributed by atoms with Crippen LogP contribution < -0.4 is 5.32 Å². The lowest BCUT2D eigenvalue weighted by Gasteiger charge is -2.19. The molecule has 0 amide bonds. The van der Waals surface area contributed by atoms with Crippen LogP contribution in [0, 0.1) is 0 Å². The minimum absolute atomic E-state index is 0.202. The van der Waals surface area contributed by atoms with Gasteiger partial charge < -0.3 is 10.1 Å². The second-order valence-electron chi connectivity index (χ2n) is 3.67. The molecule has 84 valence electrons. The van der Waals surface area contributed by atoms with Crippen LogP contribution in [0.1, 0.15) is 32.4 Å². The van der Waals surface area contributed by atoms with Crippen molar-refractivity contribution in [2.24, 2.45) is 0 Å². The molecule has 0 radical (unpaired) electrons. The van der Waals surface area contributed by atoms with E-state index in [1.807, 2.05) is 19.9 Å². The standard InChI is InChI=1S/C11H19N3O/c1-4-12-11(8-15-9(2)3)10-5-6-13-14-7-10/h5-7,9,11-12H,4,8H2,1-3H3. The van der Waals surface area contributed by atoms with Crippen LogP contribution in [0.2, 0.25) is 0 Å². The largest absolute Gasteiger partial charge is 0.377 e. The van der Waals surface area contributed by atoms with Gasteiger partial charge in [-0.05, 0) is 32.0 Å². The molecule has 4 nitrogen and oxygen atoms in total. The van der Waals surface area contributed by atoms with Gasteiger partial charge in [0.1, 0.15) is 0 Å². The highest BCUT2D eigenvalue weighted by Crippen LogP contribution is 2.11. The zero-order chi connectivity index (χ0) is 11.1. The number of ether oxygens (including phenoxy) is 1. The number of aromatic nitrogens is 2. The maximum Gasteiger partial charge on any atom is 0.0665 e. The van der Waals surface area contributed by atoms with Crippen molar-refractivity contribution >= 4 is 0 Å². The van der Waals surface area contributed by atoms with E-state index in [0.717, 1.165) is 12.1 Å². The molecule has 0 aliphatic carbocycles. The summed E-state index contributed by atoms with van der Waals surface area (Å²) in [6, 6.07) is 2.16. The summed E-state index contributed by atoms with van der Waals surface area (Å²) in [4.78, 5) is 0. The molecule has 0 spiro atoms. The number of nitrogens with one attached hydrogen (secondary N) is 1. The first-order chi connectivity index (χ1) is 7.24. The van der Waals surface area contributed by atoms with Gasteiger partial charge >= 0.3 is 0 Å². The molecule has 1 aromatic rings. The number of hydrogen-bond acceptors (Lipinski definition) is 4. The molecule has 1 rings (SSSR count). The predicted molar refractivity (Wildman–Crippen MR) is 59.5 cm³/mol. The minimum Gasteiger partial charge on any atom is -0.377 e. The van der Waals surface area contributed by atoms with Crippen molar-refractivity contribution in [3.8, 4) is 0 Å². The van der Waals surface area contributed by atoms with Gasteiger partial charge in [0.15, 0.2) is 0 Å². The van der Waals surface area contributed by atoms with Crippen molar-refractivity contribution in [1.29, 1.82) is 0 Å². The van der Waals surface area contributed by atoms with Crippen LogP contribution in [0.3, 0.4) is 0 Å². The predicted octanol–water partition coefficient (Wildman–Crippen LogP) is 1.55. The summed E-state index contributed by atoms with van der Waals surface area (Å²) in [6.45, 7) is 7.73. The Morgan fingerprint density at radius 1 is 1.40 bits per heavy atom. The Hall–Kier alpha value is -1.00. The third-order valence-electron chi connectivity index (χ3n) is 2.06. The molecule has 1 atom stereocenters. The van der Waals surface area contributed by atoms with Crippen molar-refractivity contribution in [2.75, 3.05) is 13.2 Å². The average molecular weight is 209 g/mol. The van der Waals surface area contributed by atoms with Gasteiger partial charge in [0.25, 0.3) is 0 Å². The van der Waals surface area contributed by atoms with Crippen LogP contribution in [0.5, 0.6) is 0 Å². The molecule has 0 aliphatic heterocycles. The molecule has 0 fully saturated rings. The fourth-order valence-corrected chi connectivity index (χ4v) is 1.32. The quantitative estimate of drug-likeness (QED) is 0.772. The molecule has 0 saturated carbocycles. The molecule has 0 bridgehead atoms. The number of hydrogen-bond donors (Lipinski definition) is 1. The molecule has 0 saturated heterocycles. The van der Waals surface area contributed by atoms with Crippen molar-refractivity contribution in [2.45, 2.75) is 32.9 Å². The van der Waals surface area contributed by atoms with Gasteiger partial charge in [-0.3, -0.25) is 0 Å². The van der Waals surface area contributed by atoms with Gasteiger partial charge in [0.05, 0.1) is 24.9 Å². The van der Waals surface area contributed by atoms with Crippen LogP contribution in [-0.2, 0) is 4.74 Å². The van der Waals surface area contributed by atoms with E-state index < -0.39 is 0 Å². The van der Waals surface area contributed by atoms with Gasteiger partial charge in [-0.1, -0.05) is 6.92 Å². The molecular weight excluding hydrogens is 190 g/mol. The van der Waals surface area contributed by atoms with Crippen molar-refractivity contribution in [1.82, 2.24) is 15.5 Å². The molecule has 0 aromatic carbocycles. The lowest BCUT2D eigenvalue weighted by molar-refractivity contribution is 0.0613. The smallest absolute Gasteiger partial charge is 0.0665 e. The van der Waals surface area contributed by atoms with Gasteiger partial charge in [-0.15, -0.1) is 0 Å². The van der Waals surface area contributed by atoms with Gasteiger partial charge in [0.2, 0.25) is 0 Å². The molecule has 1 aromatic heterocycles. The Morgan fingerprint density at radius 3 is 2.73 bits per heavy atom. The first kappa shape index (κ1) is 12.1. The molecule has 1 N–H and O–H groups in total. The van der Waals surface area contributed by atoms with E-state index in [0.29, 0.717) is 6.61 Å². The summed E-state index contributed by atoms with van der Waals surface area (Å²) in [5.74, 6) is 0. The maximum absolute atomic E-state index is 5.60. The maximum atomic E-state index is 5.60. The molecule has 0 aliphatic rings. The SMILES string of the molecule is CCNC(COC(C)C)c1ccnnc1. The summed E-state index contributed by atoms with van der Waals surface area (Å²) >= 11 is 0. The molecule has 15 heavy (non-hydrogen) atoms. The lowest BCUT2D eigenvalue weighted by Crippen LogP contribution is -2.26. The van der Waals surface area contributed by atoms with Crippen LogP contribution in [0.15, 0.2) is 18.5 Å². The first-order valence-corrected chi connectivity index (χ1v) is 5.35. The van der Waals surface area contributed by atoms with Crippen molar-refractivity contribution in [3.05, 3.63) is 24.0 Å². The Kier molecular flexibility index (Phi) is 5.21. The minimum atomic E-state index is 0.202. The number of nitrogens with zero attached hydrogens (tertiary/aromatic N) is 2. The monoisotopic (exact) mass is 209 g/mol. The topological polar surface area (TPSA) is 47.0 Å². The fraction of sp³-hybridized carbons (Fsp3) is 0.636. The van der Waals surface area contributed by atoms with Gasteiger partial charge in [-0.2, -0.15) is 10.2 Å². The van der Waals surface area contributed by atoms with Crippen molar-refractivity contribution < 1.29 is 4.74 Å². The van der Waals surface area contributed by atoms with E-state index in [-0.39, 0.29) is 12.1 Å². The van der Waals surface area contributed by atoms with Crippen LogP contribution in [0.4, 0.5) is 0 Å². The van der Waals surface area contributed by atoms with Crippen molar-refractivity contribution in [3.63, 3.8) is 0 Å². The number of rotatable bonds is 6. The third kappa shape index (κ3) is 4.36. The molecular formula is C11H19N3O. The van der Waals surface area contributed by atoms with Gasteiger partial charge in [-0.25, -0.2) is 0 Å². The van der Waals surface area contributed by atoms with E-state index in [4.69, 9.17) is 4.74 Å². The first-order valence-electron chi connectivity index (χ1n) is 5.35. The summed E-state index contributed by atoms with van der Waals surface area (Å²) in [5, 5.41) is 11.0. The highest BCUT2D eigenvalue weighted by molar-refractivity contribution is 5.11. The van der Waals surface area contributed by atoms with E-state index in [1.54, 1.807) is 12.4 Å². The van der Waals surface area contributed by atoms with E-state index in [1.165, 1.54) is 0 Å². The summed E-state index contributed by atoms with van der Waals surface area (Å²) in [7, 11) is 0. The molecule has 1 unspecified atom stereocenters. The van der Waals surface area contributed by atoms with Crippen LogP contribution in [-0.4, -0.2) is 29.5 Å². The van der Waals surface area contributed by atoms with E-state index >= 15 is 0 Å². The zero-order valence-corrected chi connectivity index (χ0v) is 9.60. The third-order valence-corrected chi connectivity index (χ3v) is 2.06. The lowest BCUT2D eigenvalue weighted by atomic mass is 10.1. The number of likely N-dealkylation sites (N-methyl/N-ethyl adjacent to an activating group) is 1. The summed E-state index contributed by atoms with van der Waals surface area (Å²) in [6.07, 6.45) is 3.73. The van der Waals surface area contributed by atoms with Gasteiger partial charge in [0, 0.05) is 6.20 Å². The Balaban J connectivity index is 2.57. The highest BCUT2D eigenvalue weighted by Gasteiger charge is 2.11. The highest BCUT2D eigenvalue weighted by atomic mass is 16.5. The zero-order valence-electron chi connectivity index (χ0n) is 9.60. The van der Waals surface area contributed by atoms with E-state index in [2.05, 4.69) is 22.4 Å². The normalized spacial score (nSPS) is 13.1. The van der Waals surface area contributed by atoms with E-state index in [9.17, 15) is 0 Å². The Labute approximate surface area is 91.1 Å². The second-order valence-corrected chi connectivity index (χ2v) is 3.67. The summed E-state index contributed by atoms with van der Waals surface area (Å²) < 4.78 is 5.60. The molecule has 4 heteroatoms. The second kappa shape index (κ2) is 6.48.